The van der Waals surface area contributed by atoms with E-state index in [-0.39, 0.29) is 22.4 Å². The Hall–Kier alpha value is -2.78. The van der Waals surface area contributed by atoms with Crippen LogP contribution < -0.4 is 10.0 Å². The smallest absolute Gasteiger partial charge is 0.267 e. The van der Waals surface area contributed by atoms with Crippen molar-refractivity contribution in [3.8, 4) is 0 Å². The summed E-state index contributed by atoms with van der Waals surface area (Å²) in [7, 11) is -3.88. The van der Waals surface area contributed by atoms with E-state index >= 15 is 0 Å². The number of benzene rings is 2. The van der Waals surface area contributed by atoms with Crippen LogP contribution in [-0.2, 0) is 10.0 Å². The molecule has 0 unspecified atom stereocenters. The van der Waals surface area contributed by atoms with Crippen LogP contribution in [0, 0.1) is 12.7 Å². The number of halogens is 1. The molecule has 29 heavy (non-hydrogen) atoms. The summed E-state index contributed by atoms with van der Waals surface area (Å²) < 4.78 is 40.5. The second-order valence-electron chi connectivity index (χ2n) is 6.72. The largest absolute Gasteiger partial charge is 0.321 e. The van der Waals surface area contributed by atoms with Crippen molar-refractivity contribution in [1.82, 2.24) is 4.98 Å². The molecular weight excluding hydrogens is 413 g/mol. The second-order valence-corrected chi connectivity index (χ2v) is 9.43. The van der Waals surface area contributed by atoms with Crippen LogP contribution in [-0.4, -0.2) is 19.3 Å². The number of nitrogens with zero attached hydrogens (tertiary/aromatic N) is 1. The van der Waals surface area contributed by atoms with E-state index < -0.39 is 15.8 Å². The van der Waals surface area contributed by atoms with Crippen LogP contribution in [0.15, 0.2) is 53.4 Å². The van der Waals surface area contributed by atoms with Gasteiger partial charge in [0.2, 0.25) is 0 Å². The summed E-state index contributed by atoms with van der Waals surface area (Å²) in [5.41, 5.74) is 1.25. The van der Waals surface area contributed by atoms with Gasteiger partial charge in [0.05, 0.1) is 21.3 Å². The molecule has 3 aromatic rings. The highest BCUT2D eigenvalue weighted by molar-refractivity contribution is 7.92. The molecule has 1 amide bonds. The topological polar surface area (TPSA) is 88.2 Å². The molecule has 0 saturated heterocycles. The quantitative estimate of drug-likeness (QED) is 0.586. The third-order valence-corrected chi connectivity index (χ3v) is 6.87. The Morgan fingerprint density at radius 1 is 1.10 bits per heavy atom. The zero-order valence-electron chi connectivity index (χ0n) is 16.1. The molecular formula is C20H20FN3O3S2. The van der Waals surface area contributed by atoms with Crippen LogP contribution in [0.25, 0.3) is 0 Å². The van der Waals surface area contributed by atoms with Gasteiger partial charge in [-0.2, -0.15) is 0 Å². The number of hydrogen-bond donors (Lipinski definition) is 2. The standard InChI is InChI=1S/C20H20FN3O3S2/c1-12(2)20-22-13(3)18(28-20)19(25)23-15-7-9-17(10-8-15)29(26,27)24-16-6-4-5-14(21)11-16/h4-12,24H,1-3H3,(H,23,25). The SMILES string of the molecule is Cc1nc(C(C)C)sc1C(=O)Nc1ccc(S(=O)(=O)Nc2cccc(F)c2)cc1. The zero-order valence-corrected chi connectivity index (χ0v) is 17.7. The van der Waals surface area contributed by atoms with E-state index in [4.69, 9.17) is 0 Å². The van der Waals surface area contributed by atoms with Gasteiger partial charge in [-0.3, -0.25) is 9.52 Å². The fraction of sp³-hybridized carbons (Fsp3) is 0.200. The molecule has 0 atom stereocenters. The number of thiazole rings is 1. The van der Waals surface area contributed by atoms with E-state index in [2.05, 4.69) is 15.0 Å². The molecule has 0 aliphatic rings. The average Bonchev–Trinajstić information content (AvgIpc) is 3.04. The summed E-state index contributed by atoms with van der Waals surface area (Å²) in [5, 5.41) is 3.64. The van der Waals surface area contributed by atoms with Gasteiger partial charge in [-0.05, 0) is 49.4 Å². The van der Waals surface area contributed by atoms with Crippen molar-refractivity contribution in [3.63, 3.8) is 0 Å². The maximum atomic E-state index is 13.3. The molecule has 1 aromatic heterocycles. The van der Waals surface area contributed by atoms with Crippen LogP contribution in [0.4, 0.5) is 15.8 Å². The van der Waals surface area contributed by atoms with Crippen molar-refractivity contribution in [2.24, 2.45) is 0 Å². The number of hydrogen-bond acceptors (Lipinski definition) is 5. The Bertz CT molecular complexity index is 1140. The predicted octanol–water partition coefficient (Wildman–Crippen LogP) is 4.77. The van der Waals surface area contributed by atoms with E-state index in [9.17, 15) is 17.6 Å². The molecule has 2 aromatic carbocycles. The van der Waals surface area contributed by atoms with Gasteiger partial charge in [0.1, 0.15) is 10.7 Å². The van der Waals surface area contributed by atoms with Crippen molar-refractivity contribution in [2.75, 3.05) is 10.0 Å². The monoisotopic (exact) mass is 433 g/mol. The number of carbonyl (C=O) groups is 1. The van der Waals surface area contributed by atoms with E-state index in [1.807, 2.05) is 13.8 Å². The highest BCUT2D eigenvalue weighted by atomic mass is 32.2. The molecule has 1 heterocycles. The van der Waals surface area contributed by atoms with Gasteiger partial charge >= 0.3 is 0 Å². The molecule has 0 spiro atoms. The molecule has 9 heteroatoms. The van der Waals surface area contributed by atoms with Crippen molar-refractivity contribution >= 4 is 38.6 Å². The van der Waals surface area contributed by atoms with Crippen LogP contribution in [0.3, 0.4) is 0 Å². The maximum Gasteiger partial charge on any atom is 0.267 e. The van der Waals surface area contributed by atoms with Gasteiger partial charge in [-0.1, -0.05) is 19.9 Å². The van der Waals surface area contributed by atoms with Crippen molar-refractivity contribution in [2.45, 2.75) is 31.6 Å². The first-order valence-corrected chi connectivity index (χ1v) is 11.1. The second kappa shape index (κ2) is 8.30. The van der Waals surface area contributed by atoms with Gasteiger partial charge in [-0.25, -0.2) is 17.8 Å². The summed E-state index contributed by atoms with van der Waals surface area (Å²) in [6.45, 7) is 5.80. The lowest BCUT2D eigenvalue weighted by molar-refractivity contribution is 0.103. The molecule has 0 saturated carbocycles. The van der Waals surface area contributed by atoms with Crippen LogP contribution >= 0.6 is 11.3 Å². The number of amides is 1. The van der Waals surface area contributed by atoms with E-state index in [1.165, 1.54) is 53.8 Å². The first-order chi connectivity index (χ1) is 13.7. The lowest BCUT2D eigenvalue weighted by Gasteiger charge is -2.09. The minimum absolute atomic E-state index is 0.00387. The number of rotatable bonds is 6. The highest BCUT2D eigenvalue weighted by Crippen LogP contribution is 2.26. The third-order valence-electron chi connectivity index (χ3n) is 4.01. The Balaban J connectivity index is 1.73. The summed E-state index contributed by atoms with van der Waals surface area (Å²) in [6, 6.07) is 10.9. The number of anilines is 2. The molecule has 0 fully saturated rings. The summed E-state index contributed by atoms with van der Waals surface area (Å²) in [5.74, 6) is -0.599. The predicted molar refractivity (Wildman–Crippen MR) is 113 cm³/mol. The fourth-order valence-electron chi connectivity index (χ4n) is 2.55. The Labute approximate surface area is 172 Å². The summed E-state index contributed by atoms with van der Waals surface area (Å²) in [6.07, 6.45) is 0. The number of aryl methyl sites for hydroxylation is 1. The van der Waals surface area contributed by atoms with Crippen LogP contribution in [0.2, 0.25) is 0 Å². The first-order valence-electron chi connectivity index (χ1n) is 8.83. The van der Waals surface area contributed by atoms with Gasteiger partial charge in [0.15, 0.2) is 0 Å². The van der Waals surface area contributed by atoms with Gasteiger partial charge in [-0.15, -0.1) is 11.3 Å². The molecule has 0 radical (unpaired) electrons. The normalized spacial score (nSPS) is 11.5. The van der Waals surface area contributed by atoms with Gasteiger partial charge in [0, 0.05) is 11.6 Å². The highest BCUT2D eigenvalue weighted by Gasteiger charge is 2.18. The van der Waals surface area contributed by atoms with Crippen LogP contribution in [0.5, 0.6) is 0 Å². The first kappa shape index (κ1) is 20.9. The Morgan fingerprint density at radius 3 is 2.38 bits per heavy atom. The van der Waals surface area contributed by atoms with E-state index in [0.29, 0.717) is 16.3 Å². The van der Waals surface area contributed by atoms with E-state index in [0.717, 1.165) is 11.1 Å². The maximum absolute atomic E-state index is 13.3. The number of aromatic nitrogens is 1. The number of sulfonamides is 1. The lowest BCUT2D eigenvalue weighted by Crippen LogP contribution is -2.14. The number of carbonyl (C=O) groups excluding carboxylic acids is 1. The molecule has 0 bridgehead atoms. The molecule has 6 nitrogen and oxygen atoms in total. The van der Waals surface area contributed by atoms with Gasteiger partial charge < -0.3 is 5.32 Å². The Morgan fingerprint density at radius 2 is 1.79 bits per heavy atom. The minimum Gasteiger partial charge on any atom is -0.321 e. The fourth-order valence-corrected chi connectivity index (χ4v) is 4.56. The molecule has 0 aliphatic carbocycles. The molecule has 2 N–H and O–H groups in total. The number of nitrogens with one attached hydrogen (secondary N) is 2. The van der Waals surface area contributed by atoms with Crippen molar-refractivity contribution < 1.29 is 17.6 Å². The van der Waals surface area contributed by atoms with Crippen molar-refractivity contribution in [1.29, 1.82) is 0 Å². The summed E-state index contributed by atoms with van der Waals surface area (Å²) >= 11 is 1.35. The molecule has 0 aliphatic heterocycles. The molecule has 3 rings (SSSR count). The minimum atomic E-state index is -3.88. The third kappa shape index (κ3) is 4.99. The average molecular weight is 434 g/mol. The molecule has 152 valence electrons. The Kier molecular flexibility index (Phi) is 5.99. The lowest BCUT2D eigenvalue weighted by atomic mass is 10.2. The summed E-state index contributed by atoms with van der Waals surface area (Å²) in [4.78, 5) is 17.4. The zero-order chi connectivity index (χ0) is 21.2. The van der Waals surface area contributed by atoms with Crippen LogP contribution in [0.1, 0.15) is 40.1 Å². The van der Waals surface area contributed by atoms with Gasteiger partial charge in [0.25, 0.3) is 15.9 Å². The van der Waals surface area contributed by atoms with Crippen molar-refractivity contribution in [3.05, 3.63) is 69.9 Å². The van der Waals surface area contributed by atoms with E-state index in [1.54, 1.807) is 6.92 Å².